The first-order valence-electron chi connectivity index (χ1n) is 26.2. The van der Waals surface area contributed by atoms with Gasteiger partial charge in [0, 0.05) is 38.9 Å². The molecule has 0 bridgehead atoms. The minimum atomic E-state index is -1.25. The number of ether oxygens (including phenoxy) is 1. The molecule has 0 radical (unpaired) electrons. The van der Waals surface area contributed by atoms with Crippen molar-refractivity contribution in [3.8, 4) is 0 Å². The van der Waals surface area contributed by atoms with Crippen LogP contribution < -0.4 is 32.7 Å². The third-order valence-corrected chi connectivity index (χ3v) is 15.0. The predicted octanol–water partition coefficient (Wildman–Crippen LogP) is 3.42. The van der Waals surface area contributed by atoms with Crippen molar-refractivity contribution in [1.82, 2.24) is 45.1 Å². The van der Waals surface area contributed by atoms with Gasteiger partial charge in [-0.1, -0.05) is 66.7 Å². The van der Waals surface area contributed by atoms with Gasteiger partial charge in [-0.15, -0.1) is 0 Å². The van der Waals surface area contributed by atoms with Crippen molar-refractivity contribution in [2.45, 2.75) is 139 Å². The van der Waals surface area contributed by atoms with E-state index in [1.54, 1.807) is 37.3 Å². The van der Waals surface area contributed by atoms with E-state index in [2.05, 4.69) is 26.2 Å². The number of carbonyl (C=O) groups is 8. The highest BCUT2D eigenvalue weighted by atomic mass is 16.6. The van der Waals surface area contributed by atoms with Crippen LogP contribution in [-0.4, -0.2) is 134 Å². The van der Waals surface area contributed by atoms with E-state index in [1.807, 2.05) is 78.9 Å². The van der Waals surface area contributed by atoms with Crippen molar-refractivity contribution in [2.24, 2.45) is 12.8 Å². The Morgan fingerprint density at radius 2 is 1.48 bits per heavy atom. The zero-order valence-electron chi connectivity index (χ0n) is 43.3. The lowest BCUT2D eigenvalue weighted by Crippen LogP contribution is -2.62. The highest BCUT2D eigenvalue weighted by Crippen LogP contribution is 2.33. The average molecular weight is 1030 g/mol. The Kier molecular flexibility index (Phi) is 16.9. The van der Waals surface area contributed by atoms with Crippen LogP contribution in [0.3, 0.4) is 0 Å². The number of aryl methyl sites for hydroxylation is 1. The number of nitrogens with one attached hydrogen (secondary N) is 4. The number of piperidine rings is 2. The van der Waals surface area contributed by atoms with Gasteiger partial charge in [0.05, 0.1) is 23.6 Å². The van der Waals surface area contributed by atoms with Crippen molar-refractivity contribution < 1.29 is 43.1 Å². The molecule has 8 amide bonds. The summed E-state index contributed by atoms with van der Waals surface area (Å²) in [6, 6.07) is 19.4. The second-order valence-corrected chi connectivity index (χ2v) is 21.3. The molecule has 0 aliphatic carbocycles. The van der Waals surface area contributed by atoms with E-state index in [-0.39, 0.29) is 75.0 Å². The van der Waals surface area contributed by atoms with Gasteiger partial charge in [-0.25, -0.2) is 9.59 Å². The summed E-state index contributed by atoms with van der Waals surface area (Å²) >= 11 is 0. The van der Waals surface area contributed by atoms with E-state index in [0.717, 1.165) is 48.1 Å². The number of primary amides is 1. The van der Waals surface area contributed by atoms with Gasteiger partial charge in [0.2, 0.25) is 41.4 Å². The van der Waals surface area contributed by atoms with Gasteiger partial charge in [0.15, 0.2) is 0 Å². The third kappa shape index (κ3) is 13.0. The van der Waals surface area contributed by atoms with E-state index < -0.39 is 77.5 Å². The van der Waals surface area contributed by atoms with Crippen molar-refractivity contribution in [3.05, 3.63) is 106 Å². The molecular weight excluding hydrogens is 961 g/mol. The molecule has 1 aromatic heterocycles. The fraction of sp³-hybridized carbons (Fsp3) is 0.509. The number of nitrogens with zero attached hydrogens (tertiary/aromatic N) is 5. The van der Waals surface area contributed by atoms with Gasteiger partial charge in [-0.2, -0.15) is 0 Å². The van der Waals surface area contributed by atoms with Crippen LogP contribution in [0.5, 0.6) is 0 Å². The predicted molar refractivity (Wildman–Crippen MR) is 277 cm³/mol. The van der Waals surface area contributed by atoms with Gasteiger partial charge in [0.25, 0.3) is 0 Å². The molecule has 4 aromatic rings. The molecule has 5 atom stereocenters. The number of carbonyl (C=O) groups excluding carboxylic acids is 8. The average Bonchev–Trinajstić information content (AvgIpc) is 3.91. The molecule has 0 saturated carbocycles. The van der Waals surface area contributed by atoms with Crippen molar-refractivity contribution in [1.29, 1.82) is 0 Å². The largest absolute Gasteiger partial charge is 0.444 e. The second kappa shape index (κ2) is 23.5. The third-order valence-electron chi connectivity index (χ3n) is 15.0. The fourth-order valence-corrected chi connectivity index (χ4v) is 11.1. The molecule has 8 rings (SSSR count). The summed E-state index contributed by atoms with van der Waals surface area (Å²) in [7, 11) is 1.69. The van der Waals surface area contributed by atoms with E-state index in [1.165, 1.54) is 9.47 Å². The molecule has 6 N–H and O–H groups in total. The van der Waals surface area contributed by atoms with Gasteiger partial charge < -0.3 is 41.1 Å². The number of hydrogen-bond acceptors (Lipinski definition) is 11. The molecule has 1 unspecified atom stereocenters. The Morgan fingerprint density at radius 1 is 0.800 bits per heavy atom. The Bertz CT molecular complexity index is 2800. The highest BCUT2D eigenvalue weighted by Gasteiger charge is 2.46. The summed E-state index contributed by atoms with van der Waals surface area (Å²) in [6.45, 7) is 7.51. The first-order valence-corrected chi connectivity index (χ1v) is 26.2. The minimum Gasteiger partial charge on any atom is -0.444 e. The van der Waals surface area contributed by atoms with Crippen LogP contribution in [0.4, 0.5) is 4.79 Å². The van der Waals surface area contributed by atoms with Crippen LogP contribution in [0.2, 0.25) is 0 Å². The summed E-state index contributed by atoms with van der Waals surface area (Å²) in [6.07, 6.45) is 2.92. The number of fused-ring (bicyclic) bond motifs is 2. The maximum atomic E-state index is 14.7. The molecule has 4 fully saturated rings. The summed E-state index contributed by atoms with van der Waals surface area (Å²) in [4.78, 5) is 126. The molecule has 4 aliphatic heterocycles. The van der Waals surface area contributed by atoms with Gasteiger partial charge >= 0.3 is 11.8 Å². The summed E-state index contributed by atoms with van der Waals surface area (Å²) in [5, 5.41) is 11.0. The van der Waals surface area contributed by atoms with Crippen molar-refractivity contribution in [2.75, 3.05) is 32.7 Å². The van der Waals surface area contributed by atoms with Gasteiger partial charge in [-0.3, -0.25) is 48.0 Å². The Morgan fingerprint density at radius 3 is 2.12 bits per heavy atom. The molecule has 3 aromatic carbocycles. The number of imide groups is 1. The lowest BCUT2D eigenvalue weighted by Gasteiger charge is -2.39. The Labute approximate surface area is 436 Å². The fourth-order valence-electron chi connectivity index (χ4n) is 11.1. The monoisotopic (exact) mass is 1030 g/mol. The number of aromatic nitrogens is 2. The number of hydrogen-bond donors (Lipinski definition) is 5. The quantitative estimate of drug-likeness (QED) is 0.102. The molecule has 4 aliphatic rings. The standard InChI is InChI=1S/C55H70N10O10/c1-55(2,3)75-53(73)58-40-33-63(47(68)16-11-28-62-29-25-34(26-30-62)37-17-20-41-44(32-37)61(4)54(74)65(41)43-22-24-46(67)59-51(43)71)31-27-38-18-21-42(64(38)52(40)72)50(70)57-39(19-23-45(56)66)49(69)60-48(35-12-7-5-8-13-35)36-14-9-6-10-15-36/h5-10,12-15,17,20,32,34,38-40,42-43,48H,11,16,18-19,21-31,33H2,1-4H3,(H2,56,66)(H,57,70)(H,58,73)(H,60,69)(H,59,67,71)/t38-,39+,40+,42+,43?/m1/s1. The van der Waals surface area contributed by atoms with Crippen molar-refractivity contribution >= 4 is 58.5 Å². The van der Waals surface area contributed by atoms with E-state index >= 15 is 0 Å². The molecule has 4 saturated heterocycles. The molecule has 75 heavy (non-hydrogen) atoms. The van der Waals surface area contributed by atoms with E-state index in [4.69, 9.17) is 10.5 Å². The number of likely N-dealkylation sites (tertiary alicyclic amines) is 1. The maximum Gasteiger partial charge on any atom is 0.408 e. The zero-order valence-corrected chi connectivity index (χ0v) is 43.3. The van der Waals surface area contributed by atoms with Gasteiger partial charge in [-0.05, 0) is 127 Å². The number of imidazole rings is 1. The normalized spacial score (nSPS) is 21.2. The first kappa shape index (κ1) is 53.9. The van der Waals surface area contributed by atoms with Crippen molar-refractivity contribution in [3.63, 3.8) is 0 Å². The van der Waals surface area contributed by atoms with Crippen LogP contribution in [0.25, 0.3) is 11.0 Å². The Balaban J connectivity index is 0.893. The van der Waals surface area contributed by atoms with E-state index in [9.17, 15) is 43.2 Å². The summed E-state index contributed by atoms with van der Waals surface area (Å²) in [5.41, 5.74) is 8.42. The number of benzene rings is 3. The zero-order chi connectivity index (χ0) is 53.6. The minimum absolute atomic E-state index is 0.0846. The highest BCUT2D eigenvalue weighted by molar-refractivity contribution is 6.00. The maximum absolute atomic E-state index is 14.7. The first-order chi connectivity index (χ1) is 35.8. The molecule has 20 heteroatoms. The number of rotatable bonds is 16. The van der Waals surface area contributed by atoms with Crippen LogP contribution >= 0.6 is 0 Å². The Hall–Kier alpha value is -7.35. The van der Waals surface area contributed by atoms with E-state index in [0.29, 0.717) is 31.3 Å². The van der Waals surface area contributed by atoms with Crippen LogP contribution in [0.15, 0.2) is 83.7 Å². The lowest BCUT2D eigenvalue weighted by molar-refractivity contribution is -0.146. The van der Waals surface area contributed by atoms with Crippen LogP contribution in [0.1, 0.15) is 126 Å². The smallest absolute Gasteiger partial charge is 0.408 e. The number of amides is 8. The van der Waals surface area contributed by atoms with Crippen LogP contribution in [-0.2, 0) is 45.3 Å². The topological polar surface area (TPSA) is 257 Å². The lowest BCUT2D eigenvalue weighted by atomic mass is 9.89. The summed E-state index contributed by atoms with van der Waals surface area (Å²) in [5.74, 6) is -3.05. The van der Waals surface area contributed by atoms with Gasteiger partial charge in [0.1, 0.15) is 29.8 Å². The number of nitrogens with two attached hydrogens (primary N) is 1. The molecule has 20 nitrogen and oxygen atoms in total. The SMILES string of the molecule is Cn1c(=O)n(C2CCC(=O)NC2=O)c2ccc(C3CCN(CCCC(=O)N4CC[C@H]5CC[C@@H](C(=O)N[C@@H](CCC(N)=O)C(=O)NC(c6ccccc6)c6ccccc6)N5C(=O)[C@@H](NC(=O)OC(C)(C)C)C4)CC3)cc21. The molecule has 5 heterocycles. The number of alkyl carbamates (subject to hydrolysis) is 1. The van der Waals surface area contributed by atoms with Crippen LogP contribution in [0, 0.1) is 0 Å². The molecule has 0 spiro atoms. The summed E-state index contributed by atoms with van der Waals surface area (Å²) < 4.78 is 8.60. The molecular formula is C55H70N10O10. The molecule has 400 valence electrons. The second-order valence-electron chi connectivity index (χ2n) is 21.3.